The van der Waals surface area contributed by atoms with Crippen molar-refractivity contribution in [3.8, 4) is 0 Å². The van der Waals surface area contributed by atoms with Gasteiger partial charge in [-0.2, -0.15) is 0 Å². The normalized spacial score (nSPS) is 12.6. The van der Waals surface area contributed by atoms with Crippen LogP contribution in [0.25, 0.3) is 0 Å². The number of carbonyl (C=O) groups excluding carboxylic acids is 2. The molecule has 6 heteroatoms. The third-order valence-electron chi connectivity index (χ3n) is 18.2. The van der Waals surface area contributed by atoms with E-state index in [-0.39, 0.29) is 18.5 Å². The minimum atomic E-state index is -0.843. The number of aliphatic hydroxyl groups excluding tert-OH is 2. The van der Waals surface area contributed by atoms with Crippen molar-refractivity contribution >= 4 is 11.9 Å². The van der Waals surface area contributed by atoms with E-state index in [0.717, 1.165) is 44.9 Å². The number of rotatable bonds is 73. The lowest BCUT2D eigenvalue weighted by Crippen LogP contribution is -2.45. The quantitative estimate of drug-likeness (QED) is 0.0320. The van der Waals surface area contributed by atoms with Gasteiger partial charge < -0.3 is 20.3 Å². The molecule has 2 unspecified atom stereocenters. The Morgan fingerprint density at radius 1 is 0.321 bits per heavy atom. The molecular weight excluding hydrogens is 1030 g/mol. The van der Waals surface area contributed by atoms with Crippen LogP contribution in [-0.2, 0) is 14.3 Å². The van der Waals surface area contributed by atoms with Crippen molar-refractivity contribution < 1.29 is 24.5 Å². The molecule has 0 aliphatic rings. The highest BCUT2D eigenvalue weighted by Crippen LogP contribution is 2.20. The molecule has 0 fully saturated rings. The molecule has 0 heterocycles. The summed E-state index contributed by atoms with van der Waals surface area (Å²) in [6.45, 7) is 4.95. The highest BCUT2D eigenvalue weighted by Gasteiger charge is 2.18. The fourth-order valence-corrected chi connectivity index (χ4v) is 12.3. The third kappa shape index (κ3) is 69.4. The first-order chi connectivity index (χ1) is 41.5. The maximum atomic E-state index is 12.5. The van der Waals surface area contributed by atoms with Crippen molar-refractivity contribution in [2.45, 2.75) is 450 Å². The Bertz CT molecular complexity index is 1320. The standard InChI is InChI=1S/C78H151NO5/c1-3-5-7-9-11-13-15-17-19-21-23-32-35-38-42-46-50-54-58-62-66-70-76(81)75(74-80)79-77(82)71-67-63-59-55-51-47-43-39-36-33-30-28-26-24-25-27-29-31-34-37-41-45-49-53-57-61-65-69-73-84-78(83)72-68-64-60-56-52-48-44-40-22-20-18-16-14-12-10-8-6-4-2/h20,22,66,70,75-76,80-81H,3-19,21,23-65,67-69,71-74H2,1-2H3,(H,79,82)/b22-20-,70-66+. The van der Waals surface area contributed by atoms with E-state index in [2.05, 4.69) is 31.3 Å². The minimum absolute atomic E-state index is 0.0166. The van der Waals surface area contributed by atoms with Gasteiger partial charge >= 0.3 is 5.97 Å². The highest BCUT2D eigenvalue weighted by atomic mass is 16.5. The maximum absolute atomic E-state index is 12.5. The number of hydrogen-bond donors (Lipinski definition) is 3. The Morgan fingerprint density at radius 3 is 0.845 bits per heavy atom. The Hall–Kier alpha value is -1.66. The average molecular weight is 1180 g/mol. The van der Waals surface area contributed by atoms with Crippen LogP contribution in [0.15, 0.2) is 24.3 Å². The third-order valence-corrected chi connectivity index (χ3v) is 18.2. The predicted molar refractivity (Wildman–Crippen MR) is 370 cm³/mol. The van der Waals surface area contributed by atoms with Crippen molar-refractivity contribution in [3.05, 3.63) is 24.3 Å². The van der Waals surface area contributed by atoms with Crippen LogP contribution in [0.3, 0.4) is 0 Å². The lowest BCUT2D eigenvalue weighted by atomic mass is 10.0. The second-order valence-corrected chi connectivity index (χ2v) is 26.7. The monoisotopic (exact) mass is 1180 g/mol. The van der Waals surface area contributed by atoms with Crippen LogP contribution >= 0.6 is 0 Å². The first kappa shape index (κ1) is 82.3. The van der Waals surface area contributed by atoms with E-state index >= 15 is 0 Å². The van der Waals surface area contributed by atoms with Crippen molar-refractivity contribution in [2.24, 2.45) is 0 Å². The van der Waals surface area contributed by atoms with E-state index in [4.69, 9.17) is 4.74 Å². The van der Waals surface area contributed by atoms with Gasteiger partial charge in [0.2, 0.25) is 5.91 Å². The van der Waals surface area contributed by atoms with Crippen molar-refractivity contribution in [1.82, 2.24) is 5.32 Å². The van der Waals surface area contributed by atoms with E-state index in [0.29, 0.717) is 19.4 Å². The summed E-state index contributed by atoms with van der Waals surface area (Å²) in [6, 6.07) is -0.626. The van der Waals surface area contributed by atoms with Gasteiger partial charge in [-0.3, -0.25) is 9.59 Å². The molecule has 0 saturated heterocycles. The number of amides is 1. The summed E-state index contributed by atoms with van der Waals surface area (Å²) >= 11 is 0. The molecule has 3 N–H and O–H groups in total. The van der Waals surface area contributed by atoms with Crippen LogP contribution in [0.2, 0.25) is 0 Å². The van der Waals surface area contributed by atoms with Crippen LogP contribution in [0.1, 0.15) is 438 Å². The number of esters is 1. The van der Waals surface area contributed by atoms with Gasteiger partial charge in [0.25, 0.3) is 0 Å². The molecule has 84 heavy (non-hydrogen) atoms. The molecule has 0 spiro atoms. The summed E-state index contributed by atoms with van der Waals surface area (Å²) in [5.41, 5.74) is 0. The summed E-state index contributed by atoms with van der Waals surface area (Å²) in [4.78, 5) is 24.7. The first-order valence-electron chi connectivity index (χ1n) is 38.6. The van der Waals surface area contributed by atoms with Gasteiger partial charge in [-0.05, 0) is 57.8 Å². The van der Waals surface area contributed by atoms with Crippen LogP contribution in [0.4, 0.5) is 0 Å². The zero-order chi connectivity index (χ0) is 60.6. The van der Waals surface area contributed by atoms with E-state index in [1.807, 2.05) is 6.08 Å². The summed E-state index contributed by atoms with van der Waals surface area (Å²) < 4.78 is 5.51. The number of nitrogens with one attached hydrogen (secondary N) is 1. The zero-order valence-corrected chi connectivity index (χ0v) is 57.2. The molecule has 0 aliphatic heterocycles. The molecule has 1 amide bonds. The van der Waals surface area contributed by atoms with Gasteiger partial charge in [0, 0.05) is 12.8 Å². The molecule has 498 valence electrons. The number of hydrogen-bond acceptors (Lipinski definition) is 5. The summed E-state index contributed by atoms with van der Waals surface area (Å²) in [5.74, 6) is -0.0436. The summed E-state index contributed by atoms with van der Waals surface area (Å²) in [6.07, 6.45) is 94.3. The molecule has 0 aromatic carbocycles. The highest BCUT2D eigenvalue weighted by molar-refractivity contribution is 5.76. The van der Waals surface area contributed by atoms with Gasteiger partial charge in [0.05, 0.1) is 25.4 Å². The van der Waals surface area contributed by atoms with Crippen LogP contribution in [-0.4, -0.2) is 47.4 Å². The first-order valence-corrected chi connectivity index (χ1v) is 38.6. The van der Waals surface area contributed by atoms with Gasteiger partial charge in [-0.25, -0.2) is 0 Å². The molecule has 0 saturated carbocycles. The van der Waals surface area contributed by atoms with Crippen molar-refractivity contribution in [3.63, 3.8) is 0 Å². The Balaban J connectivity index is 3.36. The molecule has 0 aliphatic carbocycles. The Kier molecular flexibility index (Phi) is 72.3. The van der Waals surface area contributed by atoms with Crippen molar-refractivity contribution in [2.75, 3.05) is 13.2 Å². The van der Waals surface area contributed by atoms with Crippen LogP contribution in [0, 0.1) is 0 Å². The minimum Gasteiger partial charge on any atom is -0.466 e. The van der Waals surface area contributed by atoms with E-state index in [9.17, 15) is 19.8 Å². The van der Waals surface area contributed by atoms with E-state index in [1.165, 1.54) is 366 Å². The van der Waals surface area contributed by atoms with E-state index < -0.39 is 12.1 Å². The Labute approximate surface area is 526 Å². The molecule has 6 nitrogen and oxygen atoms in total. The van der Waals surface area contributed by atoms with Crippen molar-refractivity contribution in [1.29, 1.82) is 0 Å². The maximum Gasteiger partial charge on any atom is 0.305 e. The number of allylic oxidation sites excluding steroid dienone is 3. The Morgan fingerprint density at radius 2 is 0.560 bits per heavy atom. The lowest BCUT2D eigenvalue weighted by molar-refractivity contribution is -0.143. The van der Waals surface area contributed by atoms with Crippen LogP contribution in [0.5, 0.6) is 0 Å². The molecule has 0 aromatic heterocycles. The topological polar surface area (TPSA) is 95.9 Å². The molecular formula is C78H151NO5. The fourth-order valence-electron chi connectivity index (χ4n) is 12.3. The largest absolute Gasteiger partial charge is 0.466 e. The number of aliphatic hydroxyl groups is 2. The van der Waals surface area contributed by atoms with Crippen LogP contribution < -0.4 is 5.32 Å². The molecule has 0 aromatic rings. The van der Waals surface area contributed by atoms with E-state index in [1.54, 1.807) is 6.08 Å². The average Bonchev–Trinajstić information content (AvgIpc) is 3.53. The van der Waals surface area contributed by atoms with Gasteiger partial charge in [0.15, 0.2) is 0 Å². The molecule has 2 atom stereocenters. The van der Waals surface area contributed by atoms with Gasteiger partial charge in [-0.15, -0.1) is 0 Å². The lowest BCUT2D eigenvalue weighted by Gasteiger charge is -2.20. The van der Waals surface area contributed by atoms with Gasteiger partial charge in [-0.1, -0.05) is 391 Å². The molecule has 0 rings (SSSR count). The van der Waals surface area contributed by atoms with Gasteiger partial charge in [0.1, 0.15) is 0 Å². The second kappa shape index (κ2) is 73.8. The number of unbranched alkanes of at least 4 members (excludes halogenated alkanes) is 60. The predicted octanol–water partition coefficient (Wildman–Crippen LogP) is 25.3. The second-order valence-electron chi connectivity index (χ2n) is 26.7. The zero-order valence-electron chi connectivity index (χ0n) is 57.2. The number of ether oxygens (including phenoxy) is 1. The molecule has 0 radical (unpaired) electrons. The fraction of sp³-hybridized carbons (Fsp3) is 0.923. The summed E-state index contributed by atoms with van der Waals surface area (Å²) in [5, 5.41) is 23.3. The SMILES string of the molecule is CCCCCCCCC/C=C\CCCCCCCCCC(=O)OCCCCCCCCCCCCCCCCCCCCCCCCCCCCCCC(=O)NC(CO)C(O)/C=C/CCCCCCCCCCCCCCCCCCCCC. The smallest absolute Gasteiger partial charge is 0.305 e. The number of carbonyl (C=O) groups is 2. The summed E-state index contributed by atoms with van der Waals surface area (Å²) in [7, 11) is 0. The molecule has 0 bridgehead atoms.